The lowest BCUT2D eigenvalue weighted by Crippen LogP contribution is -2.11. The van der Waals surface area contributed by atoms with E-state index in [0.717, 1.165) is 0 Å². The summed E-state index contributed by atoms with van der Waals surface area (Å²) in [6, 6.07) is 3.49. The smallest absolute Gasteiger partial charge is 0.325 e. The fourth-order valence-electron chi connectivity index (χ4n) is 1.14. The maximum atomic E-state index is 10.6. The summed E-state index contributed by atoms with van der Waals surface area (Å²) in [6.07, 6.45) is 1.56. The Balaban J connectivity index is 2.12. The molecule has 0 saturated heterocycles. The van der Waals surface area contributed by atoms with Gasteiger partial charge in [-0.2, -0.15) is 0 Å². The third kappa shape index (κ3) is 2.94. The number of hydrogen-bond acceptors (Lipinski definition) is 7. The van der Waals surface area contributed by atoms with Crippen LogP contribution in [0.25, 0.3) is 0 Å². The molecule has 0 atom stereocenters. The average Bonchev–Trinajstić information content (AvgIpc) is 2.77. The minimum Gasteiger partial charge on any atom is -0.495 e. The molecule has 2 heterocycles. The monoisotopic (exact) mass is 267 g/mol. The third-order valence-corrected chi connectivity index (χ3v) is 2.85. The first-order valence-corrected chi connectivity index (χ1v) is 5.66. The van der Waals surface area contributed by atoms with Crippen molar-refractivity contribution in [2.75, 3.05) is 7.11 Å². The summed E-state index contributed by atoms with van der Waals surface area (Å²) in [5, 5.41) is 20.5. The van der Waals surface area contributed by atoms with E-state index in [1.807, 2.05) is 0 Å². The van der Waals surface area contributed by atoms with E-state index in [0.29, 0.717) is 15.9 Å². The molecule has 2 aromatic heterocycles. The Morgan fingerprint density at radius 2 is 2.39 bits per heavy atom. The Bertz CT molecular complexity index is 541. The fourth-order valence-corrected chi connectivity index (χ4v) is 1.85. The summed E-state index contributed by atoms with van der Waals surface area (Å²) in [4.78, 5) is 14.7. The molecule has 9 heteroatoms. The molecule has 0 saturated carbocycles. The highest BCUT2D eigenvalue weighted by Crippen LogP contribution is 2.24. The van der Waals surface area contributed by atoms with Gasteiger partial charge in [0.25, 0.3) is 0 Å². The Morgan fingerprint density at radius 1 is 1.56 bits per heavy atom. The van der Waals surface area contributed by atoms with E-state index in [2.05, 4.69) is 20.5 Å². The summed E-state index contributed by atoms with van der Waals surface area (Å²) in [5.41, 5.74) is 0. The summed E-state index contributed by atoms with van der Waals surface area (Å²) >= 11 is 1.18. The van der Waals surface area contributed by atoms with Crippen LogP contribution in [-0.4, -0.2) is 43.4 Å². The summed E-state index contributed by atoms with van der Waals surface area (Å²) < 4.78 is 6.18. The zero-order valence-corrected chi connectivity index (χ0v) is 10.2. The van der Waals surface area contributed by atoms with Gasteiger partial charge in [0.1, 0.15) is 17.3 Å². The Labute approximate surface area is 106 Å². The molecule has 0 aliphatic rings. The molecular formula is C9H9N5O3S. The van der Waals surface area contributed by atoms with Crippen molar-refractivity contribution in [1.82, 2.24) is 25.2 Å². The van der Waals surface area contributed by atoms with Gasteiger partial charge in [-0.15, -0.1) is 5.10 Å². The second-order valence-electron chi connectivity index (χ2n) is 3.15. The van der Waals surface area contributed by atoms with Gasteiger partial charge >= 0.3 is 5.97 Å². The number of pyridine rings is 1. The van der Waals surface area contributed by atoms with Gasteiger partial charge in [-0.1, -0.05) is 0 Å². The molecule has 1 N–H and O–H groups in total. The molecule has 0 fully saturated rings. The van der Waals surface area contributed by atoms with Gasteiger partial charge < -0.3 is 9.84 Å². The van der Waals surface area contributed by atoms with Crippen molar-refractivity contribution in [3.05, 3.63) is 18.3 Å². The summed E-state index contributed by atoms with van der Waals surface area (Å²) in [5.74, 6) is -0.365. The molecule has 94 valence electrons. The lowest BCUT2D eigenvalue weighted by molar-refractivity contribution is -0.138. The van der Waals surface area contributed by atoms with E-state index >= 15 is 0 Å². The molecule has 8 nitrogen and oxygen atoms in total. The molecule has 0 aliphatic carbocycles. The Kier molecular flexibility index (Phi) is 3.72. The van der Waals surface area contributed by atoms with Gasteiger partial charge in [0, 0.05) is 0 Å². The predicted octanol–water partition coefficient (Wildman–Crippen LogP) is 0.312. The van der Waals surface area contributed by atoms with Crippen molar-refractivity contribution in [3.63, 3.8) is 0 Å². The highest BCUT2D eigenvalue weighted by atomic mass is 32.2. The molecule has 2 rings (SSSR count). The van der Waals surface area contributed by atoms with Crippen molar-refractivity contribution in [3.8, 4) is 5.75 Å². The van der Waals surface area contributed by atoms with Crippen LogP contribution in [-0.2, 0) is 11.3 Å². The summed E-state index contributed by atoms with van der Waals surface area (Å²) in [6.45, 7) is -0.286. The van der Waals surface area contributed by atoms with Crippen LogP contribution in [0.4, 0.5) is 0 Å². The maximum Gasteiger partial charge on any atom is 0.325 e. The van der Waals surface area contributed by atoms with Crippen molar-refractivity contribution in [2.24, 2.45) is 0 Å². The number of rotatable bonds is 5. The van der Waals surface area contributed by atoms with Crippen LogP contribution < -0.4 is 4.74 Å². The number of aromatic nitrogens is 5. The summed E-state index contributed by atoms with van der Waals surface area (Å²) in [7, 11) is 1.55. The number of hydrogen-bond donors (Lipinski definition) is 1. The van der Waals surface area contributed by atoms with Crippen LogP contribution in [0.3, 0.4) is 0 Å². The van der Waals surface area contributed by atoms with Gasteiger partial charge in [-0.05, 0) is 34.3 Å². The highest BCUT2D eigenvalue weighted by Gasteiger charge is 2.11. The van der Waals surface area contributed by atoms with Gasteiger partial charge in [0.2, 0.25) is 5.16 Å². The number of ether oxygens (including phenoxy) is 1. The van der Waals surface area contributed by atoms with E-state index < -0.39 is 5.97 Å². The molecule has 0 radical (unpaired) electrons. The first kappa shape index (κ1) is 12.3. The van der Waals surface area contributed by atoms with Crippen molar-refractivity contribution >= 4 is 17.7 Å². The van der Waals surface area contributed by atoms with Crippen molar-refractivity contribution in [1.29, 1.82) is 0 Å². The lowest BCUT2D eigenvalue weighted by atomic mass is 10.5. The second kappa shape index (κ2) is 5.45. The fraction of sp³-hybridized carbons (Fsp3) is 0.222. The SMILES string of the molecule is COc1ccc(Sc2nnnn2CC(=O)O)nc1. The van der Waals surface area contributed by atoms with Crippen LogP contribution in [0.15, 0.2) is 28.5 Å². The van der Waals surface area contributed by atoms with Crippen LogP contribution in [0.2, 0.25) is 0 Å². The number of methoxy groups -OCH3 is 1. The molecule has 0 aliphatic heterocycles. The largest absolute Gasteiger partial charge is 0.495 e. The molecule has 0 spiro atoms. The van der Waals surface area contributed by atoms with Crippen LogP contribution >= 0.6 is 11.8 Å². The number of carboxylic acid groups (broad SMARTS) is 1. The molecule has 18 heavy (non-hydrogen) atoms. The third-order valence-electron chi connectivity index (χ3n) is 1.92. The number of carboxylic acids is 1. The predicted molar refractivity (Wildman–Crippen MR) is 60.4 cm³/mol. The van der Waals surface area contributed by atoms with Crippen molar-refractivity contribution < 1.29 is 14.6 Å². The quantitative estimate of drug-likeness (QED) is 0.825. The normalized spacial score (nSPS) is 10.3. The Morgan fingerprint density at radius 3 is 3.00 bits per heavy atom. The van der Waals surface area contributed by atoms with Crippen LogP contribution in [0, 0.1) is 0 Å². The molecule has 0 amide bonds. The second-order valence-corrected chi connectivity index (χ2v) is 4.14. The molecule has 0 unspecified atom stereocenters. The van der Waals surface area contributed by atoms with E-state index in [-0.39, 0.29) is 6.54 Å². The zero-order chi connectivity index (χ0) is 13.0. The van der Waals surface area contributed by atoms with E-state index in [1.54, 1.807) is 25.4 Å². The van der Waals surface area contributed by atoms with Gasteiger partial charge in [-0.25, -0.2) is 9.67 Å². The van der Waals surface area contributed by atoms with Gasteiger partial charge in [0.05, 0.1) is 13.3 Å². The number of tetrazole rings is 1. The van der Waals surface area contributed by atoms with Crippen molar-refractivity contribution in [2.45, 2.75) is 16.7 Å². The molecule has 2 aromatic rings. The zero-order valence-electron chi connectivity index (χ0n) is 9.35. The average molecular weight is 267 g/mol. The Hall–Kier alpha value is -2.16. The van der Waals surface area contributed by atoms with Gasteiger partial charge in [0.15, 0.2) is 0 Å². The van der Waals surface area contributed by atoms with Gasteiger partial charge in [-0.3, -0.25) is 4.79 Å². The standard InChI is InChI=1S/C9H9N5O3S/c1-17-6-2-3-7(10-4-6)18-9-11-12-13-14(9)5-8(15)16/h2-4H,5H2,1H3,(H,15,16). The lowest BCUT2D eigenvalue weighted by Gasteiger charge is -2.02. The molecular weight excluding hydrogens is 258 g/mol. The number of aliphatic carboxylic acids is 1. The van der Waals surface area contributed by atoms with E-state index in [4.69, 9.17) is 9.84 Å². The highest BCUT2D eigenvalue weighted by molar-refractivity contribution is 7.99. The topological polar surface area (TPSA) is 103 Å². The number of carbonyl (C=O) groups is 1. The first-order valence-electron chi connectivity index (χ1n) is 4.85. The molecule has 0 bridgehead atoms. The van der Waals surface area contributed by atoms with E-state index in [9.17, 15) is 4.79 Å². The van der Waals surface area contributed by atoms with E-state index in [1.165, 1.54) is 16.4 Å². The first-order chi connectivity index (χ1) is 8.69. The van der Waals surface area contributed by atoms with Crippen LogP contribution in [0.1, 0.15) is 0 Å². The van der Waals surface area contributed by atoms with Crippen LogP contribution in [0.5, 0.6) is 5.75 Å². The minimum atomic E-state index is -1.01. The minimum absolute atomic E-state index is 0.286. The number of nitrogens with zero attached hydrogens (tertiary/aromatic N) is 5. The maximum absolute atomic E-state index is 10.6. The molecule has 0 aromatic carbocycles.